The molecule has 1 rings (SSSR count). The van der Waals surface area contributed by atoms with Crippen LogP contribution < -0.4 is 16.4 Å². The Morgan fingerprint density at radius 1 is 1.60 bits per heavy atom. The second-order valence-corrected chi connectivity index (χ2v) is 3.02. The minimum absolute atomic E-state index is 0.0707. The van der Waals surface area contributed by atoms with Gasteiger partial charge in [0.25, 0.3) is 5.91 Å². The lowest BCUT2D eigenvalue weighted by atomic mass is 10.3. The third-order valence-electron chi connectivity index (χ3n) is 1.87. The summed E-state index contributed by atoms with van der Waals surface area (Å²) in [5.41, 5.74) is 4.74. The highest BCUT2D eigenvalue weighted by Gasteiger charge is 2.20. The quantitative estimate of drug-likeness (QED) is 0.481. The molecule has 0 radical (unpaired) electrons. The molecule has 1 atom stereocenters. The fourth-order valence-electron chi connectivity index (χ4n) is 1.17. The van der Waals surface area contributed by atoms with Crippen molar-refractivity contribution in [1.29, 1.82) is 0 Å². The van der Waals surface area contributed by atoms with Gasteiger partial charge in [-0.2, -0.15) is 0 Å². The van der Waals surface area contributed by atoms with Crippen LogP contribution in [0.15, 0.2) is 0 Å². The van der Waals surface area contributed by atoms with E-state index in [4.69, 9.17) is 10.5 Å². The van der Waals surface area contributed by atoms with E-state index < -0.39 is 12.2 Å². The highest BCUT2D eigenvalue weighted by Crippen LogP contribution is 1.95. The zero-order valence-electron chi connectivity index (χ0n) is 8.32. The van der Waals surface area contributed by atoms with Crippen LogP contribution in [-0.2, 0) is 14.3 Å². The Bertz CT molecular complexity index is 228. The van der Waals surface area contributed by atoms with Gasteiger partial charge in [0.2, 0.25) is 0 Å². The van der Waals surface area contributed by atoms with E-state index in [1.54, 1.807) is 0 Å². The normalized spacial score (nSPS) is 20.7. The first-order valence-electron chi connectivity index (χ1n) is 4.72. The number of nitrogens with one attached hydrogen (secondary N) is 2. The zero-order chi connectivity index (χ0) is 11.1. The smallest absolute Gasteiger partial charge is 0.404 e. The standard InChI is InChI=1S/C8H15N3O4/c9-8(13)15-4-2-11-7(12)6-5-10-1-3-14-6/h6,10H,1-5H2,(H2,9,13)(H,11,12). The molecule has 15 heavy (non-hydrogen) atoms. The molecule has 0 saturated carbocycles. The predicted molar refractivity (Wildman–Crippen MR) is 51.2 cm³/mol. The largest absolute Gasteiger partial charge is 0.448 e. The lowest BCUT2D eigenvalue weighted by Crippen LogP contribution is -2.48. The first-order chi connectivity index (χ1) is 7.20. The van der Waals surface area contributed by atoms with Gasteiger partial charge in [-0.1, -0.05) is 0 Å². The van der Waals surface area contributed by atoms with Crippen molar-refractivity contribution in [1.82, 2.24) is 10.6 Å². The maximum atomic E-state index is 11.4. The maximum absolute atomic E-state index is 11.4. The number of carbonyl (C=O) groups excluding carboxylic acids is 2. The van der Waals surface area contributed by atoms with Gasteiger partial charge in [-0.15, -0.1) is 0 Å². The van der Waals surface area contributed by atoms with Crippen molar-refractivity contribution < 1.29 is 19.1 Å². The minimum atomic E-state index is -0.847. The molecule has 86 valence electrons. The van der Waals surface area contributed by atoms with Crippen molar-refractivity contribution in [3.05, 3.63) is 0 Å². The Morgan fingerprint density at radius 2 is 2.40 bits per heavy atom. The van der Waals surface area contributed by atoms with Crippen molar-refractivity contribution >= 4 is 12.0 Å². The Morgan fingerprint density at radius 3 is 3.00 bits per heavy atom. The average molecular weight is 217 g/mol. The van der Waals surface area contributed by atoms with Gasteiger partial charge in [0.05, 0.1) is 13.2 Å². The SMILES string of the molecule is NC(=O)OCCNC(=O)C1CNCCO1. The maximum Gasteiger partial charge on any atom is 0.404 e. The summed E-state index contributed by atoms with van der Waals surface area (Å²) in [5, 5.41) is 5.60. The van der Waals surface area contributed by atoms with Crippen LogP contribution >= 0.6 is 0 Å². The Labute approximate surface area is 87.3 Å². The van der Waals surface area contributed by atoms with Gasteiger partial charge in [0.1, 0.15) is 12.7 Å². The number of ether oxygens (including phenoxy) is 2. The van der Waals surface area contributed by atoms with Crippen LogP contribution in [0.3, 0.4) is 0 Å². The number of carbonyl (C=O) groups is 2. The molecular weight excluding hydrogens is 202 g/mol. The number of primary amides is 1. The number of hydrogen-bond acceptors (Lipinski definition) is 5. The second kappa shape index (κ2) is 6.20. The lowest BCUT2D eigenvalue weighted by molar-refractivity contribution is -0.134. The van der Waals surface area contributed by atoms with E-state index in [9.17, 15) is 9.59 Å². The van der Waals surface area contributed by atoms with Crippen molar-refractivity contribution in [3.63, 3.8) is 0 Å². The molecule has 1 heterocycles. The monoisotopic (exact) mass is 217 g/mol. The van der Waals surface area contributed by atoms with Crippen molar-refractivity contribution in [2.75, 3.05) is 32.8 Å². The molecule has 1 aliphatic heterocycles. The molecule has 1 saturated heterocycles. The first-order valence-corrected chi connectivity index (χ1v) is 4.72. The zero-order valence-corrected chi connectivity index (χ0v) is 8.32. The predicted octanol–water partition coefficient (Wildman–Crippen LogP) is -1.81. The Balaban J connectivity index is 2.09. The van der Waals surface area contributed by atoms with Crippen LogP contribution in [0.5, 0.6) is 0 Å². The fourth-order valence-corrected chi connectivity index (χ4v) is 1.17. The molecule has 0 spiro atoms. The van der Waals surface area contributed by atoms with Gasteiger partial charge >= 0.3 is 6.09 Å². The van der Waals surface area contributed by atoms with Crippen molar-refractivity contribution in [2.24, 2.45) is 5.73 Å². The van der Waals surface area contributed by atoms with Crippen LogP contribution in [0.25, 0.3) is 0 Å². The van der Waals surface area contributed by atoms with Gasteiger partial charge in [-0.25, -0.2) is 4.79 Å². The fraction of sp³-hybridized carbons (Fsp3) is 0.750. The number of rotatable bonds is 4. The van der Waals surface area contributed by atoms with E-state index in [1.165, 1.54) is 0 Å². The molecule has 1 unspecified atom stereocenters. The highest BCUT2D eigenvalue weighted by atomic mass is 16.5. The molecular formula is C8H15N3O4. The Kier molecular flexibility index (Phi) is 4.85. The molecule has 7 nitrogen and oxygen atoms in total. The van der Waals surface area contributed by atoms with Crippen molar-refractivity contribution in [2.45, 2.75) is 6.10 Å². The van der Waals surface area contributed by atoms with Crippen LogP contribution in [0.2, 0.25) is 0 Å². The van der Waals surface area contributed by atoms with Crippen LogP contribution in [-0.4, -0.2) is 51.0 Å². The number of morpholine rings is 1. The summed E-state index contributed by atoms with van der Waals surface area (Å²) < 4.78 is 9.66. The van der Waals surface area contributed by atoms with Gasteiger partial charge < -0.3 is 25.8 Å². The highest BCUT2D eigenvalue weighted by molar-refractivity contribution is 5.81. The summed E-state index contributed by atoms with van der Waals surface area (Å²) in [4.78, 5) is 21.6. The first kappa shape index (κ1) is 11.7. The summed E-state index contributed by atoms with van der Waals surface area (Å²) in [6.45, 7) is 2.09. The van der Waals surface area contributed by atoms with E-state index in [1.807, 2.05) is 0 Å². The third kappa shape index (κ3) is 4.61. The summed E-state index contributed by atoms with van der Waals surface area (Å²) >= 11 is 0. The summed E-state index contributed by atoms with van der Waals surface area (Å²) in [6, 6.07) is 0. The van der Waals surface area contributed by atoms with E-state index in [-0.39, 0.29) is 19.1 Å². The lowest BCUT2D eigenvalue weighted by Gasteiger charge is -2.22. The van der Waals surface area contributed by atoms with Gasteiger partial charge in [-0.3, -0.25) is 4.79 Å². The van der Waals surface area contributed by atoms with Crippen LogP contribution in [0, 0.1) is 0 Å². The number of amides is 2. The second-order valence-electron chi connectivity index (χ2n) is 3.02. The number of hydrogen-bond donors (Lipinski definition) is 3. The summed E-state index contributed by atoms with van der Waals surface area (Å²) in [5.74, 6) is -0.213. The molecule has 0 aromatic rings. The van der Waals surface area contributed by atoms with Crippen LogP contribution in [0.1, 0.15) is 0 Å². The van der Waals surface area contributed by atoms with E-state index in [2.05, 4.69) is 15.4 Å². The molecule has 0 bridgehead atoms. The van der Waals surface area contributed by atoms with Crippen molar-refractivity contribution in [3.8, 4) is 0 Å². The molecule has 0 aromatic carbocycles. The average Bonchev–Trinajstić information content (AvgIpc) is 2.25. The Hall–Kier alpha value is -1.34. The van der Waals surface area contributed by atoms with Gasteiger partial charge in [0, 0.05) is 13.1 Å². The van der Waals surface area contributed by atoms with E-state index in [0.717, 1.165) is 6.54 Å². The summed E-state index contributed by atoms with van der Waals surface area (Å²) in [7, 11) is 0. The molecule has 1 aliphatic rings. The molecule has 0 aromatic heterocycles. The third-order valence-corrected chi connectivity index (χ3v) is 1.87. The van der Waals surface area contributed by atoms with Gasteiger partial charge in [0.15, 0.2) is 0 Å². The molecule has 2 amide bonds. The topological polar surface area (TPSA) is 103 Å². The van der Waals surface area contributed by atoms with Crippen LogP contribution in [0.4, 0.5) is 4.79 Å². The minimum Gasteiger partial charge on any atom is -0.448 e. The number of nitrogens with two attached hydrogens (primary N) is 1. The van der Waals surface area contributed by atoms with Gasteiger partial charge in [-0.05, 0) is 0 Å². The molecule has 1 fully saturated rings. The van der Waals surface area contributed by atoms with E-state index in [0.29, 0.717) is 13.2 Å². The molecule has 7 heteroatoms. The molecule has 4 N–H and O–H groups in total. The van der Waals surface area contributed by atoms with E-state index >= 15 is 0 Å². The summed E-state index contributed by atoms with van der Waals surface area (Å²) in [6.07, 6.45) is -1.31. The molecule has 0 aliphatic carbocycles.